The lowest BCUT2D eigenvalue weighted by molar-refractivity contribution is 0.0924. The Morgan fingerprint density at radius 1 is 1.44 bits per heavy atom. The van der Waals surface area contributed by atoms with E-state index in [1.165, 1.54) is 11.3 Å². The van der Waals surface area contributed by atoms with Gasteiger partial charge in [-0.25, -0.2) is 4.98 Å². The minimum absolute atomic E-state index is 0.137. The van der Waals surface area contributed by atoms with Crippen molar-refractivity contribution in [2.75, 3.05) is 5.73 Å². The van der Waals surface area contributed by atoms with E-state index in [1.54, 1.807) is 6.20 Å². The molecule has 1 amide bonds. The smallest absolute Gasteiger partial charge is 0.263 e. The summed E-state index contributed by atoms with van der Waals surface area (Å²) >= 11 is 1.34. The van der Waals surface area contributed by atoms with Crippen LogP contribution < -0.4 is 11.1 Å². The topological polar surface area (TPSA) is 68.0 Å². The number of carbonyl (C=O) groups is 1. The van der Waals surface area contributed by atoms with Crippen LogP contribution in [-0.2, 0) is 0 Å². The zero-order valence-corrected chi connectivity index (χ0v) is 11.8. The van der Waals surface area contributed by atoms with E-state index in [1.807, 2.05) is 33.8 Å². The van der Waals surface area contributed by atoms with Crippen molar-refractivity contribution in [2.24, 2.45) is 0 Å². The number of aryl methyl sites for hydroxylation is 1. The van der Waals surface area contributed by atoms with Gasteiger partial charge in [0.1, 0.15) is 9.71 Å². The standard InChI is InChI=1S/C13H17N3OS/c1-7-5-6-15-12-8(7)9(14)10(18-12)11(17)16-13(2,3)4/h5-6H,14H2,1-4H3,(H,16,17). The Kier molecular flexibility index (Phi) is 3.02. The van der Waals surface area contributed by atoms with Gasteiger partial charge < -0.3 is 11.1 Å². The highest BCUT2D eigenvalue weighted by molar-refractivity contribution is 7.21. The zero-order valence-electron chi connectivity index (χ0n) is 11.0. The SMILES string of the molecule is Cc1ccnc2sc(C(=O)NC(C)(C)C)c(N)c12. The number of nitrogens with two attached hydrogens (primary N) is 1. The van der Waals surface area contributed by atoms with E-state index in [4.69, 9.17) is 5.73 Å². The number of rotatable bonds is 1. The predicted octanol–water partition coefficient (Wildman–Crippen LogP) is 2.72. The number of nitrogens with one attached hydrogen (secondary N) is 1. The van der Waals surface area contributed by atoms with Crippen molar-refractivity contribution in [2.45, 2.75) is 33.2 Å². The lowest BCUT2D eigenvalue weighted by Gasteiger charge is -2.20. The summed E-state index contributed by atoms with van der Waals surface area (Å²) in [5.74, 6) is -0.137. The molecule has 18 heavy (non-hydrogen) atoms. The second-order valence-corrected chi connectivity index (χ2v) is 6.36. The molecule has 96 valence electrons. The van der Waals surface area contributed by atoms with Crippen LogP contribution in [0, 0.1) is 6.92 Å². The predicted molar refractivity (Wildman–Crippen MR) is 76.0 cm³/mol. The zero-order chi connectivity index (χ0) is 13.5. The Labute approximate surface area is 110 Å². The van der Waals surface area contributed by atoms with Crippen LogP contribution in [0.25, 0.3) is 10.2 Å². The van der Waals surface area contributed by atoms with E-state index in [-0.39, 0.29) is 11.4 Å². The van der Waals surface area contributed by atoms with Crippen molar-refractivity contribution in [3.05, 3.63) is 22.7 Å². The fourth-order valence-corrected chi connectivity index (χ4v) is 2.81. The maximum Gasteiger partial charge on any atom is 0.263 e. The van der Waals surface area contributed by atoms with Crippen molar-refractivity contribution in [1.82, 2.24) is 10.3 Å². The molecule has 0 aromatic carbocycles. The Bertz CT molecular complexity index is 610. The van der Waals surface area contributed by atoms with Gasteiger partial charge in [-0.3, -0.25) is 4.79 Å². The molecule has 2 aromatic rings. The number of carbonyl (C=O) groups excluding carboxylic acids is 1. The molecule has 3 N–H and O–H groups in total. The van der Waals surface area contributed by atoms with Crippen molar-refractivity contribution in [3.63, 3.8) is 0 Å². The number of hydrogen-bond acceptors (Lipinski definition) is 4. The number of nitrogens with zero attached hydrogens (tertiary/aromatic N) is 1. The summed E-state index contributed by atoms with van der Waals surface area (Å²) in [5.41, 5.74) is 7.37. The molecule has 0 aliphatic rings. The van der Waals surface area contributed by atoms with Gasteiger partial charge in [-0.05, 0) is 39.3 Å². The molecule has 2 heterocycles. The normalized spacial score (nSPS) is 11.8. The molecule has 0 unspecified atom stereocenters. The minimum Gasteiger partial charge on any atom is -0.397 e. The summed E-state index contributed by atoms with van der Waals surface area (Å²) in [5, 5.41) is 3.81. The first-order valence-corrected chi connectivity index (χ1v) is 6.57. The molecule has 4 nitrogen and oxygen atoms in total. The fraction of sp³-hybridized carbons (Fsp3) is 0.385. The van der Waals surface area contributed by atoms with E-state index in [9.17, 15) is 4.79 Å². The van der Waals surface area contributed by atoms with E-state index in [0.29, 0.717) is 10.6 Å². The number of nitrogen functional groups attached to an aromatic ring is 1. The first-order chi connectivity index (χ1) is 8.29. The van der Waals surface area contributed by atoms with Crippen molar-refractivity contribution >= 4 is 33.1 Å². The minimum atomic E-state index is -0.276. The van der Waals surface area contributed by atoms with Crippen LogP contribution in [0.2, 0.25) is 0 Å². The molecule has 0 bridgehead atoms. The van der Waals surface area contributed by atoms with Crippen molar-refractivity contribution < 1.29 is 4.79 Å². The monoisotopic (exact) mass is 263 g/mol. The first-order valence-electron chi connectivity index (χ1n) is 5.75. The number of pyridine rings is 1. The Hall–Kier alpha value is -1.62. The summed E-state index contributed by atoms with van der Waals surface area (Å²) in [7, 11) is 0. The van der Waals surface area contributed by atoms with Crippen LogP contribution in [-0.4, -0.2) is 16.4 Å². The Balaban J connectivity index is 2.50. The van der Waals surface area contributed by atoms with Crippen LogP contribution in [0.15, 0.2) is 12.3 Å². The largest absolute Gasteiger partial charge is 0.397 e. The van der Waals surface area contributed by atoms with Gasteiger partial charge >= 0.3 is 0 Å². The lowest BCUT2D eigenvalue weighted by atomic mass is 10.1. The number of fused-ring (bicyclic) bond motifs is 1. The van der Waals surface area contributed by atoms with Gasteiger partial charge in [-0.1, -0.05) is 0 Å². The Morgan fingerprint density at radius 2 is 2.11 bits per heavy atom. The number of anilines is 1. The summed E-state index contributed by atoms with van der Waals surface area (Å²) in [6.45, 7) is 7.80. The third-order valence-electron chi connectivity index (χ3n) is 2.53. The van der Waals surface area contributed by atoms with E-state index in [2.05, 4.69) is 10.3 Å². The van der Waals surface area contributed by atoms with Crippen LogP contribution in [0.1, 0.15) is 36.0 Å². The van der Waals surface area contributed by atoms with Gasteiger partial charge in [-0.15, -0.1) is 11.3 Å². The van der Waals surface area contributed by atoms with Gasteiger partial charge in [0.05, 0.1) is 5.69 Å². The molecular weight excluding hydrogens is 246 g/mol. The molecule has 0 atom stereocenters. The van der Waals surface area contributed by atoms with E-state index < -0.39 is 0 Å². The van der Waals surface area contributed by atoms with Crippen LogP contribution in [0.3, 0.4) is 0 Å². The molecule has 0 aliphatic heterocycles. The second kappa shape index (κ2) is 4.24. The van der Waals surface area contributed by atoms with E-state index >= 15 is 0 Å². The van der Waals surface area contributed by atoms with Gasteiger partial charge in [0.25, 0.3) is 5.91 Å². The highest BCUT2D eigenvalue weighted by atomic mass is 32.1. The van der Waals surface area contributed by atoms with Crippen LogP contribution >= 0.6 is 11.3 Å². The van der Waals surface area contributed by atoms with Gasteiger partial charge in [0.2, 0.25) is 0 Å². The quantitative estimate of drug-likeness (QED) is 0.831. The molecule has 0 saturated heterocycles. The van der Waals surface area contributed by atoms with Crippen molar-refractivity contribution in [1.29, 1.82) is 0 Å². The second-order valence-electron chi connectivity index (χ2n) is 5.36. The third kappa shape index (κ3) is 2.31. The number of aromatic nitrogens is 1. The molecule has 2 aromatic heterocycles. The Morgan fingerprint density at radius 3 is 2.67 bits per heavy atom. The van der Waals surface area contributed by atoms with Crippen LogP contribution in [0.4, 0.5) is 5.69 Å². The highest BCUT2D eigenvalue weighted by Gasteiger charge is 2.21. The fourth-order valence-electron chi connectivity index (χ4n) is 1.77. The van der Waals surface area contributed by atoms with Gasteiger partial charge in [-0.2, -0.15) is 0 Å². The summed E-state index contributed by atoms with van der Waals surface area (Å²) in [6, 6.07) is 1.90. The molecular formula is C13H17N3OS. The van der Waals surface area contributed by atoms with Crippen LogP contribution in [0.5, 0.6) is 0 Å². The molecule has 0 radical (unpaired) electrons. The van der Waals surface area contributed by atoms with Gasteiger partial charge in [0.15, 0.2) is 0 Å². The number of amides is 1. The molecule has 2 rings (SSSR count). The number of hydrogen-bond donors (Lipinski definition) is 2. The maximum atomic E-state index is 12.2. The molecule has 5 heteroatoms. The molecule has 0 spiro atoms. The lowest BCUT2D eigenvalue weighted by Crippen LogP contribution is -2.40. The third-order valence-corrected chi connectivity index (χ3v) is 3.64. The molecule has 0 saturated carbocycles. The van der Waals surface area contributed by atoms with Crippen molar-refractivity contribution in [3.8, 4) is 0 Å². The molecule has 0 fully saturated rings. The average molecular weight is 263 g/mol. The highest BCUT2D eigenvalue weighted by Crippen LogP contribution is 2.34. The number of thiophene rings is 1. The summed E-state index contributed by atoms with van der Waals surface area (Å²) in [4.78, 5) is 17.8. The molecule has 0 aliphatic carbocycles. The van der Waals surface area contributed by atoms with Gasteiger partial charge in [0, 0.05) is 17.1 Å². The maximum absolute atomic E-state index is 12.2. The average Bonchev–Trinajstić information content (AvgIpc) is 2.55. The first kappa shape index (κ1) is 12.8. The van der Waals surface area contributed by atoms with E-state index in [0.717, 1.165) is 15.8 Å². The summed E-state index contributed by atoms with van der Waals surface area (Å²) in [6.07, 6.45) is 1.74. The summed E-state index contributed by atoms with van der Waals surface area (Å²) < 4.78 is 0.